The highest BCUT2D eigenvalue weighted by molar-refractivity contribution is 5.55. The van der Waals surface area contributed by atoms with Gasteiger partial charge in [-0.3, -0.25) is 11.3 Å². The molecule has 1 aliphatic rings. The predicted molar refractivity (Wildman–Crippen MR) is 82.8 cm³/mol. The molecule has 0 radical (unpaired) electrons. The van der Waals surface area contributed by atoms with E-state index in [2.05, 4.69) is 40.9 Å². The summed E-state index contributed by atoms with van der Waals surface area (Å²) < 4.78 is 1.90. The third kappa shape index (κ3) is 2.04. The van der Waals surface area contributed by atoms with E-state index in [9.17, 15) is 0 Å². The molecule has 0 aliphatic heterocycles. The smallest absolute Gasteiger partial charge is 0.0709 e. The number of aromatic nitrogens is 2. The third-order valence-corrected chi connectivity index (χ3v) is 4.51. The Hall–Kier alpha value is -2.17. The molecule has 2 unspecified atom stereocenters. The first kappa shape index (κ1) is 12.6. The average molecular weight is 278 g/mol. The Bertz CT molecular complexity index is 777. The molecule has 4 nitrogen and oxygen atoms in total. The van der Waals surface area contributed by atoms with Crippen molar-refractivity contribution in [2.75, 3.05) is 0 Å². The van der Waals surface area contributed by atoms with Crippen molar-refractivity contribution in [3.05, 3.63) is 71.5 Å². The van der Waals surface area contributed by atoms with Crippen molar-refractivity contribution in [1.82, 2.24) is 15.0 Å². The van der Waals surface area contributed by atoms with Crippen molar-refractivity contribution < 1.29 is 0 Å². The minimum absolute atomic E-state index is 0.128. The van der Waals surface area contributed by atoms with Gasteiger partial charge in [0.25, 0.3) is 0 Å². The van der Waals surface area contributed by atoms with E-state index in [1.54, 1.807) is 0 Å². The van der Waals surface area contributed by atoms with Crippen LogP contribution in [0.1, 0.15) is 35.1 Å². The molecule has 3 aromatic rings. The van der Waals surface area contributed by atoms with Crippen LogP contribution < -0.4 is 11.3 Å². The Kier molecular flexibility index (Phi) is 2.98. The van der Waals surface area contributed by atoms with Crippen molar-refractivity contribution in [3.63, 3.8) is 0 Å². The third-order valence-electron chi connectivity index (χ3n) is 4.51. The Morgan fingerprint density at radius 3 is 2.95 bits per heavy atom. The lowest BCUT2D eigenvalue weighted by atomic mass is 9.74. The lowest BCUT2D eigenvalue weighted by Gasteiger charge is -2.32. The molecular weight excluding hydrogens is 260 g/mol. The summed E-state index contributed by atoms with van der Waals surface area (Å²) in [6.45, 7) is 0. The molecule has 0 bridgehead atoms. The quantitative estimate of drug-likeness (QED) is 0.569. The second-order valence-electron chi connectivity index (χ2n) is 5.69. The number of nitrogens with one attached hydrogen (secondary N) is 1. The molecule has 2 heterocycles. The van der Waals surface area contributed by atoms with Crippen molar-refractivity contribution in [3.8, 4) is 0 Å². The maximum Gasteiger partial charge on any atom is 0.0709 e. The Balaban J connectivity index is 1.62. The summed E-state index contributed by atoms with van der Waals surface area (Å²) in [5.74, 6) is 6.40. The van der Waals surface area contributed by atoms with E-state index in [1.807, 2.05) is 29.0 Å². The van der Waals surface area contributed by atoms with Crippen LogP contribution in [0.25, 0.3) is 5.52 Å². The van der Waals surface area contributed by atoms with Crippen LogP contribution in [0.15, 0.2) is 54.9 Å². The van der Waals surface area contributed by atoms with Gasteiger partial charge in [0.15, 0.2) is 0 Å². The molecular formula is C17H18N4. The van der Waals surface area contributed by atoms with Gasteiger partial charge in [-0.2, -0.15) is 5.10 Å². The molecule has 0 saturated heterocycles. The van der Waals surface area contributed by atoms with E-state index in [1.165, 1.54) is 16.7 Å². The number of benzene rings is 1. The van der Waals surface area contributed by atoms with Crippen LogP contribution >= 0.6 is 0 Å². The summed E-state index contributed by atoms with van der Waals surface area (Å²) in [4.78, 5) is 0. The Labute approximate surface area is 123 Å². The number of hydrazine groups is 1. The highest BCUT2D eigenvalue weighted by Gasteiger charge is 2.29. The lowest BCUT2D eigenvalue weighted by molar-refractivity contribution is 0.437. The molecule has 1 aliphatic carbocycles. The molecule has 3 N–H and O–H groups in total. The summed E-state index contributed by atoms with van der Waals surface area (Å²) in [6.07, 6.45) is 6.03. The zero-order valence-electron chi connectivity index (χ0n) is 11.7. The van der Waals surface area contributed by atoms with Crippen molar-refractivity contribution >= 4 is 5.52 Å². The summed E-state index contributed by atoms with van der Waals surface area (Å²) in [7, 11) is 0. The Morgan fingerprint density at radius 2 is 2.10 bits per heavy atom. The fraction of sp³-hybridized carbons (Fsp3) is 0.235. The van der Waals surface area contributed by atoms with Gasteiger partial charge in [0, 0.05) is 11.8 Å². The van der Waals surface area contributed by atoms with E-state index in [0.29, 0.717) is 5.92 Å². The minimum atomic E-state index is 0.128. The second kappa shape index (κ2) is 4.98. The number of fused-ring (bicyclic) bond motifs is 2. The van der Waals surface area contributed by atoms with E-state index in [-0.39, 0.29) is 6.04 Å². The number of hydrogen-bond donors (Lipinski definition) is 2. The first-order chi connectivity index (χ1) is 10.4. The number of hydrogen-bond acceptors (Lipinski definition) is 3. The van der Waals surface area contributed by atoms with Gasteiger partial charge in [-0.25, -0.2) is 4.52 Å². The summed E-state index contributed by atoms with van der Waals surface area (Å²) >= 11 is 0. The molecule has 106 valence electrons. The van der Waals surface area contributed by atoms with Crippen LogP contribution in [0, 0.1) is 0 Å². The molecule has 0 fully saturated rings. The van der Waals surface area contributed by atoms with Crippen molar-refractivity contribution in [2.45, 2.75) is 24.8 Å². The molecule has 21 heavy (non-hydrogen) atoms. The lowest BCUT2D eigenvalue weighted by Crippen LogP contribution is -2.31. The topological polar surface area (TPSA) is 55.3 Å². The van der Waals surface area contributed by atoms with E-state index in [0.717, 1.165) is 18.4 Å². The van der Waals surface area contributed by atoms with Gasteiger partial charge in [-0.1, -0.05) is 30.3 Å². The fourth-order valence-corrected chi connectivity index (χ4v) is 3.37. The molecule has 0 amide bonds. The molecule has 0 spiro atoms. The van der Waals surface area contributed by atoms with Crippen LogP contribution in [0.5, 0.6) is 0 Å². The predicted octanol–water partition coefficient (Wildman–Crippen LogP) is 2.57. The van der Waals surface area contributed by atoms with Gasteiger partial charge in [-0.15, -0.1) is 0 Å². The monoisotopic (exact) mass is 278 g/mol. The average Bonchev–Trinajstić information content (AvgIpc) is 2.93. The number of rotatable bonds is 4. The van der Waals surface area contributed by atoms with Crippen molar-refractivity contribution in [2.24, 2.45) is 5.84 Å². The SMILES string of the molecule is NNC(CC1Cc2ccccc21)c1cnn2ccccc12. The van der Waals surface area contributed by atoms with Gasteiger partial charge in [-0.05, 0) is 42.0 Å². The van der Waals surface area contributed by atoms with Crippen LogP contribution in [-0.4, -0.2) is 9.61 Å². The molecule has 1 aromatic carbocycles. The molecule has 2 aromatic heterocycles. The molecule has 4 heteroatoms. The van der Waals surface area contributed by atoms with Gasteiger partial charge in [0.2, 0.25) is 0 Å². The van der Waals surface area contributed by atoms with Crippen LogP contribution in [0.4, 0.5) is 0 Å². The first-order valence-corrected chi connectivity index (χ1v) is 7.33. The zero-order chi connectivity index (χ0) is 14.2. The summed E-state index contributed by atoms with van der Waals surface area (Å²) in [5.41, 5.74) is 8.20. The van der Waals surface area contributed by atoms with Crippen LogP contribution in [-0.2, 0) is 6.42 Å². The van der Waals surface area contributed by atoms with Gasteiger partial charge < -0.3 is 0 Å². The number of pyridine rings is 1. The van der Waals surface area contributed by atoms with Crippen LogP contribution in [0.3, 0.4) is 0 Å². The normalized spacial score (nSPS) is 18.2. The van der Waals surface area contributed by atoms with Gasteiger partial charge in [0.1, 0.15) is 0 Å². The molecule has 4 rings (SSSR count). The first-order valence-electron chi connectivity index (χ1n) is 7.33. The summed E-state index contributed by atoms with van der Waals surface area (Å²) in [6, 6.07) is 14.9. The van der Waals surface area contributed by atoms with E-state index >= 15 is 0 Å². The maximum atomic E-state index is 5.82. The largest absolute Gasteiger partial charge is 0.271 e. The molecule has 0 saturated carbocycles. The maximum absolute atomic E-state index is 5.82. The van der Waals surface area contributed by atoms with E-state index < -0.39 is 0 Å². The summed E-state index contributed by atoms with van der Waals surface area (Å²) in [5, 5.41) is 4.40. The highest BCUT2D eigenvalue weighted by Crippen LogP contribution is 2.40. The standard InChI is InChI=1S/C17H18N4/c18-20-16(10-13-9-12-5-1-2-6-14(12)13)15-11-19-21-8-4-3-7-17(15)21/h1-8,11,13,16,20H,9-10,18H2. The van der Waals surface area contributed by atoms with Gasteiger partial charge in [0.05, 0.1) is 17.8 Å². The van der Waals surface area contributed by atoms with Crippen LogP contribution in [0.2, 0.25) is 0 Å². The number of nitrogens with two attached hydrogens (primary N) is 1. The highest BCUT2D eigenvalue weighted by atomic mass is 15.3. The number of nitrogens with zero attached hydrogens (tertiary/aromatic N) is 2. The van der Waals surface area contributed by atoms with E-state index in [4.69, 9.17) is 5.84 Å². The van der Waals surface area contributed by atoms with Gasteiger partial charge >= 0.3 is 0 Å². The Morgan fingerprint density at radius 1 is 1.24 bits per heavy atom. The van der Waals surface area contributed by atoms with Crippen molar-refractivity contribution in [1.29, 1.82) is 0 Å². The fourth-order valence-electron chi connectivity index (χ4n) is 3.37. The minimum Gasteiger partial charge on any atom is -0.271 e. The zero-order valence-corrected chi connectivity index (χ0v) is 11.7. The molecule has 2 atom stereocenters. The second-order valence-corrected chi connectivity index (χ2v) is 5.69.